The fourth-order valence-corrected chi connectivity index (χ4v) is 3.47. The smallest absolute Gasteiger partial charge is 0.407 e. The Morgan fingerprint density at radius 3 is 2.77 bits per heavy atom. The maximum Gasteiger partial charge on any atom is 0.407 e. The zero-order valence-electron chi connectivity index (χ0n) is 12.3. The molecule has 1 fully saturated rings. The molecule has 0 unspecified atom stereocenters. The fraction of sp³-hybridized carbons (Fsp3) is 0.375. The number of carboxylic acid groups (broad SMARTS) is 1. The molecule has 2 aliphatic heterocycles. The standard InChI is InChI=1S/C16H17N3O3/c1-18-10-12-14(17-18)11-4-2-3-5-13(11)22-16(12)6-8-19(9-7-16)15(20)21/h2-5,10H,6-9H2,1H3,(H,20,21). The highest BCUT2D eigenvalue weighted by Crippen LogP contribution is 2.48. The zero-order valence-corrected chi connectivity index (χ0v) is 12.3. The number of carbonyl (C=O) groups is 1. The van der Waals surface area contributed by atoms with Crippen LogP contribution in [0, 0.1) is 0 Å². The molecule has 2 aromatic rings. The first-order chi connectivity index (χ1) is 10.6. The second-order valence-corrected chi connectivity index (χ2v) is 5.93. The minimum Gasteiger partial charge on any atom is -0.482 e. The molecular formula is C16H17N3O3. The van der Waals surface area contributed by atoms with Crippen molar-refractivity contribution >= 4 is 6.09 Å². The summed E-state index contributed by atoms with van der Waals surface area (Å²) in [6.07, 6.45) is 2.43. The SMILES string of the molecule is Cn1cc2c(n1)-c1ccccc1OC21CCN(C(=O)O)CC1. The van der Waals surface area contributed by atoms with Crippen molar-refractivity contribution in [2.45, 2.75) is 18.4 Å². The topological polar surface area (TPSA) is 67.6 Å². The van der Waals surface area contributed by atoms with Crippen LogP contribution in [0.4, 0.5) is 4.79 Å². The highest BCUT2D eigenvalue weighted by molar-refractivity contribution is 5.73. The summed E-state index contributed by atoms with van der Waals surface area (Å²) in [5.74, 6) is 0.831. The quantitative estimate of drug-likeness (QED) is 0.811. The lowest BCUT2D eigenvalue weighted by Crippen LogP contribution is -2.48. The van der Waals surface area contributed by atoms with Crippen LogP contribution in [-0.4, -0.2) is 39.0 Å². The van der Waals surface area contributed by atoms with Crippen molar-refractivity contribution in [2.75, 3.05) is 13.1 Å². The van der Waals surface area contributed by atoms with Gasteiger partial charge in [-0.2, -0.15) is 5.10 Å². The summed E-state index contributed by atoms with van der Waals surface area (Å²) in [5, 5.41) is 13.8. The lowest BCUT2D eigenvalue weighted by Gasteiger charge is -2.43. The van der Waals surface area contributed by atoms with Gasteiger partial charge in [-0.25, -0.2) is 4.79 Å². The second-order valence-electron chi connectivity index (χ2n) is 5.93. The summed E-state index contributed by atoms with van der Waals surface area (Å²) in [6.45, 7) is 0.956. The molecule has 6 nitrogen and oxygen atoms in total. The van der Waals surface area contributed by atoms with Crippen molar-refractivity contribution in [2.24, 2.45) is 7.05 Å². The predicted molar refractivity (Wildman–Crippen MR) is 79.8 cm³/mol. The molecule has 0 aliphatic carbocycles. The van der Waals surface area contributed by atoms with Crippen LogP contribution in [0.15, 0.2) is 30.5 Å². The Labute approximate surface area is 127 Å². The minimum atomic E-state index is -0.863. The summed E-state index contributed by atoms with van der Waals surface area (Å²) < 4.78 is 8.16. The van der Waals surface area contributed by atoms with Gasteiger partial charge in [-0.15, -0.1) is 0 Å². The third-order valence-corrected chi connectivity index (χ3v) is 4.61. The van der Waals surface area contributed by atoms with Crippen LogP contribution in [0.1, 0.15) is 18.4 Å². The van der Waals surface area contributed by atoms with E-state index in [1.807, 2.05) is 37.5 Å². The average Bonchev–Trinajstić information content (AvgIpc) is 2.91. The van der Waals surface area contributed by atoms with E-state index in [4.69, 9.17) is 9.84 Å². The summed E-state index contributed by atoms with van der Waals surface area (Å²) in [4.78, 5) is 12.6. The number of likely N-dealkylation sites (tertiary alicyclic amines) is 1. The second kappa shape index (κ2) is 4.50. The largest absolute Gasteiger partial charge is 0.482 e. The Kier molecular flexibility index (Phi) is 2.69. The summed E-state index contributed by atoms with van der Waals surface area (Å²) >= 11 is 0. The molecule has 6 heteroatoms. The normalized spacial score (nSPS) is 18.5. The Morgan fingerprint density at radius 2 is 2.05 bits per heavy atom. The van der Waals surface area contributed by atoms with Gasteiger partial charge in [0.25, 0.3) is 0 Å². The monoisotopic (exact) mass is 299 g/mol. The minimum absolute atomic E-state index is 0.468. The fourth-order valence-electron chi connectivity index (χ4n) is 3.47. The average molecular weight is 299 g/mol. The molecule has 0 atom stereocenters. The van der Waals surface area contributed by atoms with E-state index < -0.39 is 11.7 Å². The number of para-hydroxylation sites is 1. The molecule has 1 saturated heterocycles. The van der Waals surface area contributed by atoms with E-state index in [1.165, 1.54) is 4.90 Å². The molecule has 1 spiro atoms. The van der Waals surface area contributed by atoms with Crippen LogP contribution in [-0.2, 0) is 12.6 Å². The maximum absolute atomic E-state index is 11.1. The number of benzene rings is 1. The van der Waals surface area contributed by atoms with Crippen LogP contribution >= 0.6 is 0 Å². The maximum atomic E-state index is 11.1. The number of hydrogen-bond acceptors (Lipinski definition) is 3. The van der Waals surface area contributed by atoms with Gasteiger partial charge in [0.1, 0.15) is 17.0 Å². The first-order valence-electron chi connectivity index (χ1n) is 7.39. The van der Waals surface area contributed by atoms with Gasteiger partial charge in [0.05, 0.1) is 0 Å². The number of amides is 1. The van der Waals surface area contributed by atoms with Crippen LogP contribution in [0.25, 0.3) is 11.3 Å². The number of nitrogens with zero attached hydrogens (tertiary/aromatic N) is 3. The molecule has 1 aromatic carbocycles. The van der Waals surface area contributed by atoms with Crippen molar-refractivity contribution in [1.82, 2.24) is 14.7 Å². The van der Waals surface area contributed by atoms with Crippen LogP contribution in [0.2, 0.25) is 0 Å². The molecule has 1 amide bonds. The van der Waals surface area contributed by atoms with Gasteiger partial charge in [0, 0.05) is 50.3 Å². The van der Waals surface area contributed by atoms with Crippen LogP contribution in [0.5, 0.6) is 5.75 Å². The zero-order chi connectivity index (χ0) is 15.3. The van der Waals surface area contributed by atoms with Gasteiger partial charge in [-0.1, -0.05) is 12.1 Å². The van der Waals surface area contributed by atoms with E-state index in [0.29, 0.717) is 25.9 Å². The molecule has 22 heavy (non-hydrogen) atoms. The number of aromatic nitrogens is 2. The summed E-state index contributed by atoms with van der Waals surface area (Å²) in [5.41, 5.74) is 2.56. The highest BCUT2D eigenvalue weighted by Gasteiger charge is 2.45. The van der Waals surface area contributed by atoms with Crippen LogP contribution < -0.4 is 4.74 Å². The third kappa shape index (κ3) is 1.80. The molecule has 2 aliphatic rings. The molecule has 3 heterocycles. The molecule has 0 radical (unpaired) electrons. The Morgan fingerprint density at radius 1 is 1.32 bits per heavy atom. The van der Waals surface area contributed by atoms with E-state index >= 15 is 0 Å². The number of hydrogen-bond donors (Lipinski definition) is 1. The van der Waals surface area contributed by atoms with Crippen molar-refractivity contribution in [3.05, 3.63) is 36.0 Å². The van der Waals surface area contributed by atoms with Crippen molar-refractivity contribution in [1.29, 1.82) is 0 Å². The Hall–Kier alpha value is -2.50. The van der Waals surface area contributed by atoms with Gasteiger partial charge < -0.3 is 14.7 Å². The van der Waals surface area contributed by atoms with Crippen molar-refractivity contribution in [3.63, 3.8) is 0 Å². The van der Waals surface area contributed by atoms with E-state index in [2.05, 4.69) is 5.10 Å². The molecule has 1 N–H and O–H groups in total. The molecular weight excluding hydrogens is 282 g/mol. The lowest BCUT2D eigenvalue weighted by molar-refractivity contribution is -0.000722. The summed E-state index contributed by atoms with van der Waals surface area (Å²) in [7, 11) is 1.90. The first kappa shape index (κ1) is 13.2. The van der Waals surface area contributed by atoms with Gasteiger partial charge >= 0.3 is 6.09 Å². The van der Waals surface area contributed by atoms with E-state index in [-0.39, 0.29) is 0 Å². The van der Waals surface area contributed by atoms with E-state index in [9.17, 15) is 4.79 Å². The molecule has 0 saturated carbocycles. The first-order valence-corrected chi connectivity index (χ1v) is 7.39. The number of rotatable bonds is 0. The van der Waals surface area contributed by atoms with Gasteiger partial charge in [0.2, 0.25) is 0 Å². The van der Waals surface area contributed by atoms with E-state index in [1.54, 1.807) is 4.68 Å². The molecule has 1 aromatic heterocycles. The molecule has 114 valence electrons. The van der Waals surface area contributed by atoms with Gasteiger partial charge in [-0.3, -0.25) is 4.68 Å². The lowest BCUT2D eigenvalue weighted by atomic mass is 9.81. The number of aryl methyl sites for hydroxylation is 1. The van der Waals surface area contributed by atoms with Crippen LogP contribution in [0.3, 0.4) is 0 Å². The molecule has 4 rings (SSSR count). The number of ether oxygens (including phenoxy) is 1. The van der Waals surface area contributed by atoms with E-state index in [0.717, 1.165) is 22.6 Å². The predicted octanol–water partition coefficient (Wildman–Crippen LogP) is 2.45. The Bertz CT molecular complexity index is 745. The number of piperidine rings is 1. The van der Waals surface area contributed by atoms with Crippen molar-refractivity contribution in [3.8, 4) is 17.0 Å². The Balaban J connectivity index is 1.78. The highest BCUT2D eigenvalue weighted by atomic mass is 16.5. The third-order valence-electron chi connectivity index (χ3n) is 4.61. The van der Waals surface area contributed by atoms with Gasteiger partial charge in [-0.05, 0) is 12.1 Å². The number of fused-ring (bicyclic) bond motifs is 4. The molecule has 0 bridgehead atoms. The van der Waals surface area contributed by atoms with Gasteiger partial charge in [0.15, 0.2) is 0 Å². The summed E-state index contributed by atoms with van der Waals surface area (Å²) in [6, 6.07) is 7.90. The van der Waals surface area contributed by atoms with Crippen molar-refractivity contribution < 1.29 is 14.6 Å².